The van der Waals surface area contributed by atoms with Gasteiger partial charge in [0.25, 0.3) is 0 Å². The first kappa shape index (κ1) is 22.6. The first-order valence-corrected chi connectivity index (χ1v) is 12.7. The number of rotatable bonds is 10. The average molecular weight is 423 g/mol. The van der Waals surface area contributed by atoms with E-state index in [9.17, 15) is 8.78 Å². The van der Waals surface area contributed by atoms with E-state index in [0.29, 0.717) is 21.0 Å². The quantitative estimate of drug-likeness (QED) is 0.403. The van der Waals surface area contributed by atoms with Crippen LogP contribution in [0.15, 0.2) is 18.2 Å². The standard InChI is InChI=1S/C24H36F2O2Si/c1-2-4-18-7-11-20(12-8-18)21-13-9-19(10-14-21)15-29-23-6-3-5-22(27-16-25)24(23)28-17-26/h3,5-6,18-21H,2,4,7-17H2,1H3. The Kier molecular flexibility index (Phi) is 9.28. The molecule has 2 saturated carbocycles. The molecule has 0 saturated heterocycles. The van der Waals surface area contributed by atoms with Crippen LogP contribution < -0.4 is 14.7 Å². The maximum absolute atomic E-state index is 12.8. The summed E-state index contributed by atoms with van der Waals surface area (Å²) in [5.74, 6) is 4.31. The molecule has 5 heteroatoms. The van der Waals surface area contributed by atoms with Crippen LogP contribution in [0.3, 0.4) is 0 Å². The molecule has 162 valence electrons. The van der Waals surface area contributed by atoms with Gasteiger partial charge in [-0.1, -0.05) is 63.6 Å². The maximum Gasteiger partial charge on any atom is 0.228 e. The summed E-state index contributed by atoms with van der Waals surface area (Å²) in [6.45, 7) is 0.459. The molecule has 2 aliphatic carbocycles. The summed E-state index contributed by atoms with van der Waals surface area (Å²) in [4.78, 5) is 0. The van der Waals surface area contributed by atoms with Gasteiger partial charge in [0.15, 0.2) is 11.5 Å². The Morgan fingerprint density at radius 1 is 0.862 bits per heavy atom. The van der Waals surface area contributed by atoms with Crippen LogP contribution >= 0.6 is 0 Å². The fourth-order valence-corrected chi connectivity index (χ4v) is 6.99. The summed E-state index contributed by atoms with van der Waals surface area (Å²) in [7, 11) is 0.546. The third-order valence-corrected chi connectivity index (χ3v) is 8.67. The number of benzene rings is 1. The van der Waals surface area contributed by atoms with Crippen molar-refractivity contribution in [1.29, 1.82) is 0 Å². The largest absolute Gasteiger partial charge is 0.459 e. The Morgan fingerprint density at radius 2 is 1.48 bits per heavy atom. The highest BCUT2D eigenvalue weighted by molar-refractivity contribution is 6.54. The van der Waals surface area contributed by atoms with E-state index in [0.717, 1.165) is 34.9 Å². The van der Waals surface area contributed by atoms with Crippen LogP contribution in [0, 0.1) is 23.7 Å². The van der Waals surface area contributed by atoms with Gasteiger partial charge in [0, 0.05) is 0 Å². The highest BCUT2D eigenvalue weighted by Crippen LogP contribution is 2.42. The Morgan fingerprint density at radius 3 is 2.07 bits per heavy atom. The monoisotopic (exact) mass is 422 g/mol. The number of halogens is 2. The molecular weight excluding hydrogens is 386 g/mol. The lowest BCUT2D eigenvalue weighted by molar-refractivity contribution is 0.147. The van der Waals surface area contributed by atoms with Crippen LogP contribution in [0.1, 0.15) is 71.1 Å². The molecule has 2 radical (unpaired) electrons. The van der Waals surface area contributed by atoms with Crippen LogP contribution in [0.4, 0.5) is 8.78 Å². The van der Waals surface area contributed by atoms with Crippen molar-refractivity contribution >= 4 is 14.7 Å². The highest BCUT2D eigenvalue weighted by atomic mass is 28.2. The second kappa shape index (κ2) is 11.9. The topological polar surface area (TPSA) is 18.5 Å². The third-order valence-electron chi connectivity index (χ3n) is 7.12. The second-order valence-corrected chi connectivity index (χ2v) is 10.2. The Bertz CT molecular complexity index is 597. The molecule has 1 aromatic carbocycles. The second-order valence-electron chi connectivity index (χ2n) is 8.87. The lowest BCUT2D eigenvalue weighted by atomic mass is 9.69. The van der Waals surface area contributed by atoms with Gasteiger partial charge in [0.1, 0.15) is 0 Å². The number of hydrogen-bond acceptors (Lipinski definition) is 2. The van der Waals surface area contributed by atoms with E-state index in [2.05, 4.69) is 6.92 Å². The van der Waals surface area contributed by atoms with Crippen molar-refractivity contribution in [3.8, 4) is 11.5 Å². The first-order chi connectivity index (χ1) is 14.2. The molecule has 0 aromatic heterocycles. The minimum atomic E-state index is -0.931. The molecule has 0 amide bonds. The molecular formula is C24H36F2O2Si. The van der Waals surface area contributed by atoms with Crippen molar-refractivity contribution in [2.45, 2.75) is 77.2 Å². The number of ether oxygens (including phenoxy) is 2. The average Bonchev–Trinajstić information content (AvgIpc) is 2.75. The number of para-hydroxylation sites is 1. The predicted octanol–water partition coefficient (Wildman–Crippen LogP) is 6.46. The number of hydrogen-bond donors (Lipinski definition) is 0. The molecule has 0 atom stereocenters. The van der Waals surface area contributed by atoms with Crippen LogP contribution in [0.2, 0.25) is 6.04 Å². The Balaban J connectivity index is 1.45. The van der Waals surface area contributed by atoms with Gasteiger partial charge < -0.3 is 9.47 Å². The summed E-state index contributed by atoms with van der Waals surface area (Å²) >= 11 is 0. The van der Waals surface area contributed by atoms with Gasteiger partial charge in [-0.15, -0.1) is 0 Å². The lowest BCUT2D eigenvalue weighted by Crippen LogP contribution is -2.27. The van der Waals surface area contributed by atoms with E-state index in [1.165, 1.54) is 64.2 Å². The van der Waals surface area contributed by atoms with E-state index >= 15 is 0 Å². The van der Waals surface area contributed by atoms with Gasteiger partial charge in [-0.3, -0.25) is 0 Å². The Hall–Kier alpha value is -1.10. The number of alkyl halides is 2. The highest BCUT2D eigenvalue weighted by Gasteiger charge is 2.30. The smallest absolute Gasteiger partial charge is 0.228 e. The summed E-state index contributed by atoms with van der Waals surface area (Å²) in [5, 5.41) is 0.949. The Labute approximate surface area is 177 Å². The van der Waals surface area contributed by atoms with Gasteiger partial charge in [-0.05, 0) is 60.6 Å². The zero-order valence-electron chi connectivity index (χ0n) is 17.8. The summed E-state index contributed by atoms with van der Waals surface area (Å²) < 4.78 is 35.5. The summed E-state index contributed by atoms with van der Waals surface area (Å²) in [5.41, 5.74) is 0. The third kappa shape index (κ3) is 6.44. The van der Waals surface area contributed by atoms with Crippen LogP contribution in [-0.2, 0) is 0 Å². The normalized spacial score (nSPS) is 27.6. The zero-order valence-corrected chi connectivity index (χ0v) is 18.8. The molecule has 2 fully saturated rings. The van der Waals surface area contributed by atoms with Crippen molar-refractivity contribution in [2.24, 2.45) is 23.7 Å². The molecule has 2 aliphatic rings. The molecule has 0 aliphatic heterocycles. The molecule has 1 aromatic rings. The zero-order chi connectivity index (χ0) is 20.5. The molecule has 3 rings (SSSR count). The summed E-state index contributed by atoms with van der Waals surface area (Å²) in [6, 6.07) is 6.54. The van der Waals surface area contributed by atoms with Crippen molar-refractivity contribution in [1.82, 2.24) is 0 Å². The fraction of sp³-hybridized carbons (Fsp3) is 0.750. The molecule has 0 bridgehead atoms. The fourth-order valence-electron chi connectivity index (χ4n) is 5.51. The van der Waals surface area contributed by atoms with E-state index in [1.807, 2.05) is 12.1 Å². The molecule has 2 nitrogen and oxygen atoms in total. The molecule has 0 heterocycles. The van der Waals surface area contributed by atoms with Crippen molar-refractivity contribution in [3.05, 3.63) is 18.2 Å². The SMILES string of the molecule is CCCC1CCC(C2CCC(C[Si]c3cccc(OCF)c3OCF)CC2)CC1. The lowest BCUT2D eigenvalue weighted by Gasteiger charge is -2.38. The predicted molar refractivity (Wildman–Crippen MR) is 116 cm³/mol. The minimum Gasteiger partial charge on any atom is -0.459 e. The van der Waals surface area contributed by atoms with Gasteiger partial charge >= 0.3 is 0 Å². The van der Waals surface area contributed by atoms with Crippen molar-refractivity contribution in [3.63, 3.8) is 0 Å². The first-order valence-electron chi connectivity index (χ1n) is 11.5. The van der Waals surface area contributed by atoms with Crippen molar-refractivity contribution in [2.75, 3.05) is 13.7 Å². The molecule has 0 spiro atoms. The minimum absolute atomic E-state index is 0.303. The van der Waals surface area contributed by atoms with Crippen molar-refractivity contribution < 1.29 is 18.3 Å². The summed E-state index contributed by atoms with van der Waals surface area (Å²) in [6.07, 6.45) is 13.9. The molecule has 0 unspecified atom stereocenters. The molecule has 0 N–H and O–H groups in total. The van der Waals surface area contributed by atoms with Crippen LogP contribution in [0.25, 0.3) is 0 Å². The van der Waals surface area contributed by atoms with E-state index in [-0.39, 0.29) is 0 Å². The molecule has 29 heavy (non-hydrogen) atoms. The van der Waals surface area contributed by atoms with Gasteiger partial charge in [-0.25, -0.2) is 8.78 Å². The van der Waals surface area contributed by atoms with Gasteiger partial charge in [-0.2, -0.15) is 0 Å². The van der Waals surface area contributed by atoms with Crippen LogP contribution in [0.5, 0.6) is 11.5 Å². The van der Waals surface area contributed by atoms with E-state index < -0.39 is 13.7 Å². The van der Waals surface area contributed by atoms with Gasteiger partial charge in [0.2, 0.25) is 13.7 Å². The maximum atomic E-state index is 12.8. The van der Waals surface area contributed by atoms with Crippen LogP contribution in [-0.4, -0.2) is 23.2 Å². The van der Waals surface area contributed by atoms with E-state index in [4.69, 9.17) is 9.47 Å². The van der Waals surface area contributed by atoms with Gasteiger partial charge in [0.05, 0.1) is 9.52 Å². The van der Waals surface area contributed by atoms with E-state index in [1.54, 1.807) is 6.07 Å².